The summed E-state index contributed by atoms with van der Waals surface area (Å²) in [6, 6.07) is 34.8. The lowest BCUT2D eigenvalue weighted by molar-refractivity contribution is 0.300. The number of hydrogen-bond donors (Lipinski definition) is 0. The van der Waals surface area contributed by atoms with Gasteiger partial charge in [-0.3, -0.25) is 0 Å². The van der Waals surface area contributed by atoms with Crippen molar-refractivity contribution >= 4 is 23.2 Å². The highest BCUT2D eigenvalue weighted by Crippen LogP contribution is 2.31. The van der Waals surface area contributed by atoms with Gasteiger partial charge in [0.05, 0.1) is 23.1 Å². The second-order valence-electron chi connectivity index (χ2n) is 9.49. The first-order valence-corrected chi connectivity index (χ1v) is 14.1. The molecule has 6 rings (SSSR count). The fourth-order valence-electron chi connectivity index (χ4n) is 4.56. The molecule has 0 saturated heterocycles. The predicted octanol–water partition coefficient (Wildman–Crippen LogP) is 7.10. The van der Waals surface area contributed by atoms with Crippen LogP contribution >= 0.6 is 23.2 Å². The topological polar surface area (TPSA) is 79.9 Å². The summed E-state index contributed by atoms with van der Waals surface area (Å²) in [5.74, 6) is 1.11. The molecule has 0 saturated carbocycles. The molecule has 2 heterocycles. The van der Waals surface area contributed by atoms with Crippen LogP contribution in [0.25, 0.3) is 11.4 Å². The van der Waals surface area contributed by atoms with Crippen LogP contribution in [-0.2, 0) is 26.3 Å². The minimum atomic E-state index is 0.134. The molecule has 4 aromatic carbocycles. The van der Waals surface area contributed by atoms with E-state index >= 15 is 0 Å². The fourth-order valence-corrected chi connectivity index (χ4v) is 4.94. The Morgan fingerprint density at radius 2 is 0.881 bits per heavy atom. The number of para-hydroxylation sites is 2. The summed E-state index contributed by atoms with van der Waals surface area (Å²) in [6.45, 7) is 1.23. The van der Waals surface area contributed by atoms with E-state index in [0.29, 0.717) is 46.0 Å². The van der Waals surface area contributed by atoms with Crippen molar-refractivity contribution in [1.82, 2.24) is 30.0 Å². The molecule has 0 amide bonds. The van der Waals surface area contributed by atoms with Gasteiger partial charge in [-0.25, -0.2) is 9.36 Å². The summed E-state index contributed by atoms with van der Waals surface area (Å²) in [5.41, 5.74) is 4.81. The van der Waals surface area contributed by atoms with Gasteiger partial charge in [0.1, 0.15) is 47.5 Å². The molecule has 0 atom stereocenters. The lowest BCUT2D eigenvalue weighted by atomic mass is 10.1. The van der Waals surface area contributed by atoms with Crippen LogP contribution in [0.1, 0.15) is 22.5 Å². The fraction of sp³-hybridized carbons (Fsp3) is 0.125. The van der Waals surface area contributed by atoms with Crippen LogP contribution in [0.3, 0.4) is 0 Å². The van der Waals surface area contributed by atoms with Gasteiger partial charge in [0.2, 0.25) is 0 Å². The van der Waals surface area contributed by atoms with Gasteiger partial charge >= 0.3 is 0 Å². The second kappa shape index (κ2) is 12.9. The van der Waals surface area contributed by atoms with Crippen LogP contribution in [0.15, 0.2) is 109 Å². The lowest BCUT2D eigenvalue weighted by Crippen LogP contribution is -2.12. The molecule has 0 radical (unpaired) electrons. The number of ether oxygens (including phenoxy) is 2. The van der Waals surface area contributed by atoms with Crippen molar-refractivity contribution in [3.05, 3.63) is 142 Å². The summed E-state index contributed by atoms with van der Waals surface area (Å²) >= 11 is 12.8. The van der Waals surface area contributed by atoms with E-state index in [1.807, 2.05) is 106 Å². The van der Waals surface area contributed by atoms with Crippen molar-refractivity contribution in [3.63, 3.8) is 0 Å². The van der Waals surface area contributed by atoms with Crippen molar-refractivity contribution in [1.29, 1.82) is 0 Å². The Bertz CT molecular complexity index is 1640. The Balaban J connectivity index is 1.43. The van der Waals surface area contributed by atoms with Gasteiger partial charge in [0.15, 0.2) is 0 Å². The van der Waals surface area contributed by atoms with Crippen LogP contribution in [0.4, 0.5) is 0 Å². The van der Waals surface area contributed by atoms with E-state index in [1.165, 1.54) is 0 Å². The van der Waals surface area contributed by atoms with Crippen molar-refractivity contribution < 1.29 is 9.47 Å². The maximum atomic E-state index is 6.38. The van der Waals surface area contributed by atoms with E-state index in [9.17, 15) is 0 Å². The third-order valence-electron chi connectivity index (χ3n) is 6.59. The number of rotatable bonds is 11. The molecule has 8 nitrogen and oxygen atoms in total. The standard InChI is InChI=1S/C32H26Cl2N6O2/c33-25-15-7-9-17-29(25)41-21-27-31(39(37-35-27)19-23-11-3-1-4-12-23)32-28(22-42-30-18-10-8-16-26(30)34)36-38-40(32)20-24-13-5-2-6-14-24/h1-18H,19-22H2. The predicted molar refractivity (Wildman–Crippen MR) is 162 cm³/mol. The molecule has 0 aliphatic rings. The second-order valence-corrected chi connectivity index (χ2v) is 10.3. The molecule has 0 aliphatic heterocycles. The summed E-state index contributed by atoms with van der Waals surface area (Å²) < 4.78 is 15.9. The molecule has 0 N–H and O–H groups in total. The van der Waals surface area contributed by atoms with Crippen LogP contribution in [0.2, 0.25) is 10.0 Å². The van der Waals surface area contributed by atoms with Crippen LogP contribution in [0, 0.1) is 0 Å². The monoisotopic (exact) mass is 596 g/mol. The molecule has 0 bridgehead atoms. The molecular weight excluding hydrogens is 571 g/mol. The van der Waals surface area contributed by atoms with Crippen LogP contribution in [0.5, 0.6) is 11.5 Å². The van der Waals surface area contributed by atoms with Gasteiger partial charge in [-0.05, 0) is 35.4 Å². The molecule has 210 valence electrons. The van der Waals surface area contributed by atoms with Gasteiger partial charge in [0.25, 0.3) is 0 Å². The molecule has 10 heteroatoms. The Labute approximate surface area is 253 Å². The zero-order chi connectivity index (χ0) is 28.7. The van der Waals surface area contributed by atoms with Crippen molar-refractivity contribution in [2.24, 2.45) is 0 Å². The van der Waals surface area contributed by atoms with E-state index in [4.69, 9.17) is 32.7 Å². The summed E-state index contributed by atoms with van der Waals surface area (Å²) in [5, 5.41) is 19.2. The van der Waals surface area contributed by atoms with Crippen molar-refractivity contribution in [2.45, 2.75) is 26.3 Å². The summed E-state index contributed by atoms with van der Waals surface area (Å²) in [4.78, 5) is 0. The number of hydrogen-bond acceptors (Lipinski definition) is 6. The normalized spacial score (nSPS) is 11.0. The Morgan fingerprint density at radius 3 is 1.29 bits per heavy atom. The maximum absolute atomic E-state index is 6.38. The lowest BCUT2D eigenvalue weighted by Gasteiger charge is -2.14. The molecule has 0 unspecified atom stereocenters. The number of nitrogens with zero attached hydrogens (tertiary/aromatic N) is 6. The molecular formula is C32H26Cl2N6O2. The van der Waals surface area contributed by atoms with Gasteiger partial charge in [-0.1, -0.05) is 119 Å². The van der Waals surface area contributed by atoms with E-state index in [1.54, 1.807) is 12.1 Å². The largest absolute Gasteiger partial charge is 0.486 e. The molecule has 0 spiro atoms. The first-order chi connectivity index (χ1) is 20.7. The van der Waals surface area contributed by atoms with E-state index in [2.05, 4.69) is 20.6 Å². The van der Waals surface area contributed by atoms with E-state index < -0.39 is 0 Å². The van der Waals surface area contributed by atoms with Gasteiger partial charge < -0.3 is 9.47 Å². The first-order valence-electron chi connectivity index (χ1n) is 13.3. The Kier molecular flexibility index (Phi) is 8.44. The maximum Gasteiger partial charge on any atom is 0.138 e. The van der Waals surface area contributed by atoms with Crippen molar-refractivity contribution in [2.75, 3.05) is 0 Å². The number of benzene rings is 4. The third kappa shape index (κ3) is 6.30. The first kappa shape index (κ1) is 27.5. The highest BCUT2D eigenvalue weighted by Gasteiger charge is 2.26. The number of aromatic nitrogens is 6. The Hall–Kier alpha value is -4.66. The van der Waals surface area contributed by atoms with Gasteiger partial charge in [-0.15, -0.1) is 10.2 Å². The quantitative estimate of drug-likeness (QED) is 0.159. The van der Waals surface area contributed by atoms with Gasteiger partial charge in [0, 0.05) is 0 Å². The third-order valence-corrected chi connectivity index (χ3v) is 7.21. The summed E-state index contributed by atoms with van der Waals surface area (Å²) in [6.07, 6.45) is 0. The molecule has 2 aromatic heterocycles. The average Bonchev–Trinajstić information content (AvgIpc) is 3.59. The number of halogens is 2. The van der Waals surface area contributed by atoms with E-state index in [-0.39, 0.29) is 13.2 Å². The van der Waals surface area contributed by atoms with Crippen LogP contribution in [-0.4, -0.2) is 30.0 Å². The minimum Gasteiger partial charge on any atom is -0.486 e. The molecule has 0 aliphatic carbocycles. The highest BCUT2D eigenvalue weighted by molar-refractivity contribution is 6.32. The average molecular weight is 598 g/mol. The SMILES string of the molecule is Clc1ccccc1OCc1nnn(Cc2ccccc2)c1-c1c(COc2ccccc2Cl)nnn1Cc1ccccc1. The zero-order valence-corrected chi connectivity index (χ0v) is 24.0. The highest BCUT2D eigenvalue weighted by atomic mass is 35.5. The molecule has 42 heavy (non-hydrogen) atoms. The molecule has 6 aromatic rings. The van der Waals surface area contributed by atoms with Crippen molar-refractivity contribution in [3.8, 4) is 22.9 Å². The zero-order valence-electron chi connectivity index (χ0n) is 22.5. The van der Waals surface area contributed by atoms with E-state index in [0.717, 1.165) is 22.5 Å². The van der Waals surface area contributed by atoms with Crippen LogP contribution < -0.4 is 9.47 Å². The Morgan fingerprint density at radius 1 is 0.500 bits per heavy atom. The van der Waals surface area contributed by atoms with Gasteiger partial charge in [-0.2, -0.15) is 0 Å². The molecule has 0 fully saturated rings. The smallest absolute Gasteiger partial charge is 0.138 e. The minimum absolute atomic E-state index is 0.134. The summed E-state index contributed by atoms with van der Waals surface area (Å²) in [7, 11) is 0.